The van der Waals surface area contributed by atoms with Gasteiger partial charge in [0.15, 0.2) is 0 Å². The molecule has 0 bridgehead atoms. The molecule has 0 spiro atoms. The zero-order valence-electron chi connectivity index (χ0n) is 11.5. The molecule has 0 aliphatic rings. The predicted molar refractivity (Wildman–Crippen MR) is 85.2 cm³/mol. The molecule has 1 heterocycles. The van der Waals surface area contributed by atoms with Gasteiger partial charge in [-0.2, -0.15) is 0 Å². The Morgan fingerprint density at radius 2 is 2.00 bits per heavy atom. The highest BCUT2D eigenvalue weighted by atomic mass is 35.5. The number of nitrogens with zero attached hydrogens (tertiary/aromatic N) is 1. The van der Waals surface area contributed by atoms with E-state index in [0.29, 0.717) is 13.1 Å². The minimum atomic E-state index is -0.382. The third kappa shape index (κ3) is 2.80. The van der Waals surface area contributed by atoms with Gasteiger partial charge in [-0.15, -0.1) is 0 Å². The monoisotopic (exact) mass is 302 g/mol. The Morgan fingerprint density at radius 1 is 1.14 bits per heavy atom. The molecule has 2 nitrogen and oxygen atoms in total. The van der Waals surface area contributed by atoms with Crippen molar-refractivity contribution in [1.29, 1.82) is 0 Å². The van der Waals surface area contributed by atoms with Gasteiger partial charge in [-0.3, -0.25) is 0 Å². The van der Waals surface area contributed by atoms with E-state index in [1.807, 2.05) is 18.3 Å². The van der Waals surface area contributed by atoms with E-state index in [4.69, 9.17) is 17.3 Å². The SMILES string of the molecule is NCCc1cccc2ccn(Cc3ccc(Cl)c(F)c3)c12. The summed E-state index contributed by atoms with van der Waals surface area (Å²) >= 11 is 5.73. The Morgan fingerprint density at radius 3 is 2.76 bits per heavy atom. The van der Waals surface area contributed by atoms with E-state index in [2.05, 4.69) is 22.8 Å². The van der Waals surface area contributed by atoms with Gasteiger partial charge in [0.05, 0.1) is 10.5 Å². The second-order valence-corrected chi connectivity index (χ2v) is 5.49. The molecule has 3 aromatic rings. The van der Waals surface area contributed by atoms with Crippen LogP contribution in [0.15, 0.2) is 48.7 Å². The molecule has 3 rings (SSSR count). The first-order valence-electron chi connectivity index (χ1n) is 6.90. The Labute approximate surface area is 127 Å². The molecule has 0 atom stereocenters. The number of fused-ring (bicyclic) bond motifs is 1. The number of nitrogens with two attached hydrogens (primary N) is 1. The van der Waals surface area contributed by atoms with Crippen molar-refractivity contribution in [2.45, 2.75) is 13.0 Å². The van der Waals surface area contributed by atoms with Crippen LogP contribution < -0.4 is 5.73 Å². The Hall–Kier alpha value is -1.84. The number of hydrogen-bond acceptors (Lipinski definition) is 1. The summed E-state index contributed by atoms with van der Waals surface area (Å²) in [6.45, 7) is 1.22. The Balaban J connectivity index is 2.02. The zero-order chi connectivity index (χ0) is 14.8. The smallest absolute Gasteiger partial charge is 0.142 e. The largest absolute Gasteiger partial charge is 0.343 e. The highest BCUT2D eigenvalue weighted by molar-refractivity contribution is 6.30. The molecule has 0 saturated heterocycles. The summed E-state index contributed by atoms with van der Waals surface area (Å²) in [5.74, 6) is -0.382. The minimum Gasteiger partial charge on any atom is -0.343 e. The molecule has 21 heavy (non-hydrogen) atoms. The first-order chi connectivity index (χ1) is 10.2. The topological polar surface area (TPSA) is 30.9 Å². The summed E-state index contributed by atoms with van der Waals surface area (Å²) < 4.78 is 15.7. The predicted octanol–water partition coefficient (Wildman–Crippen LogP) is 3.98. The van der Waals surface area contributed by atoms with Crippen LogP contribution in [0.1, 0.15) is 11.1 Å². The number of para-hydroxylation sites is 1. The molecule has 0 aliphatic heterocycles. The highest BCUT2D eigenvalue weighted by Crippen LogP contribution is 2.23. The van der Waals surface area contributed by atoms with Crippen molar-refractivity contribution in [3.8, 4) is 0 Å². The van der Waals surface area contributed by atoms with Crippen LogP contribution in [0.25, 0.3) is 10.9 Å². The first kappa shape index (κ1) is 14.1. The zero-order valence-corrected chi connectivity index (χ0v) is 12.3. The van der Waals surface area contributed by atoms with Crippen LogP contribution in [-0.2, 0) is 13.0 Å². The lowest BCUT2D eigenvalue weighted by Crippen LogP contribution is -2.06. The fourth-order valence-corrected chi connectivity index (χ4v) is 2.78. The van der Waals surface area contributed by atoms with E-state index in [9.17, 15) is 4.39 Å². The Kier molecular flexibility index (Phi) is 3.95. The van der Waals surface area contributed by atoms with Crippen LogP contribution in [0.5, 0.6) is 0 Å². The van der Waals surface area contributed by atoms with Crippen LogP contribution >= 0.6 is 11.6 Å². The van der Waals surface area contributed by atoms with Crippen molar-refractivity contribution in [3.63, 3.8) is 0 Å². The van der Waals surface area contributed by atoms with Crippen molar-refractivity contribution < 1.29 is 4.39 Å². The number of hydrogen-bond donors (Lipinski definition) is 1. The van der Waals surface area contributed by atoms with Gasteiger partial charge in [-0.1, -0.05) is 35.9 Å². The summed E-state index contributed by atoms with van der Waals surface area (Å²) in [5.41, 5.74) is 8.95. The molecule has 0 radical (unpaired) electrons. The van der Waals surface area contributed by atoms with E-state index >= 15 is 0 Å². The third-order valence-corrected chi connectivity index (χ3v) is 3.93. The van der Waals surface area contributed by atoms with Crippen molar-refractivity contribution in [1.82, 2.24) is 4.57 Å². The number of benzene rings is 2. The van der Waals surface area contributed by atoms with Crippen LogP contribution in [0.4, 0.5) is 4.39 Å². The molecule has 4 heteroatoms. The number of aromatic nitrogens is 1. The summed E-state index contributed by atoms with van der Waals surface area (Å²) in [6.07, 6.45) is 2.85. The van der Waals surface area contributed by atoms with Gasteiger partial charge in [0.25, 0.3) is 0 Å². The molecule has 0 amide bonds. The van der Waals surface area contributed by atoms with Crippen LogP contribution in [0.3, 0.4) is 0 Å². The van der Waals surface area contributed by atoms with E-state index in [1.165, 1.54) is 22.5 Å². The fraction of sp³-hybridized carbons (Fsp3) is 0.176. The van der Waals surface area contributed by atoms with E-state index < -0.39 is 0 Å². The van der Waals surface area contributed by atoms with Gasteiger partial charge >= 0.3 is 0 Å². The normalized spacial score (nSPS) is 11.2. The summed E-state index contributed by atoms with van der Waals surface area (Å²) in [6, 6.07) is 13.2. The molecule has 0 unspecified atom stereocenters. The Bertz CT molecular complexity index is 780. The van der Waals surface area contributed by atoms with Crippen LogP contribution in [-0.4, -0.2) is 11.1 Å². The lowest BCUT2D eigenvalue weighted by Gasteiger charge is -2.10. The van der Waals surface area contributed by atoms with Crippen LogP contribution in [0, 0.1) is 5.82 Å². The van der Waals surface area contributed by atoms with Gasteiger partial charge in [-0.25, -0.2) is 4.39 Å². The molecular weight excluding hydrogens is 287 g/mol. The van der Waals surface area contributed by atoms with E-state index in [0.717, 1.165) is 12.0 Å². The van der Waals surface area contributed by atoms with Crippen molar-refractivity contribution >= 4 is 22.5 Å². The van der Waals surface area contributed by atoms with Gasteiger partial charge in [0, 0.05) is 12.7 Å². The second kappa shape index (κ2) is 5.88. The van der Waals surface area contributed by atoms with Crippen molar-refractivity contribution in [2.24, 2.45) is 5.73 Å². The maximum absolute atomic E-state index is 13.6. The van der Waals surface area contributed by atoms with Gasteiger partial charge in [-0.05, 0) is 47.7 Å². The standard InChI is InChI=1S/C17H16ClFN2/c18-15-5-4-12(10-16(15)19)11-21-9-7-14-3-1-2-13(6-8-20)17(14)21/h1-5,7,9-10H,6,8,11,20H2. The summed E-state index contributed by atoms with van der Waals surface area (Å²) in [5, 5.41) is 1.33. The lowest BCUT2D eigenvalue weighted by atomic mass is 10.1. The lowest BCUT2D eigenvalue weighted by molar-refractivity contribution is 0.624. The number of halogens is 2. The second-order valence-electron chi connectivity index (χ2n) is 5.09. The van der Waals surface area contributed by atoms with Crippen molar-refractivity contribution in [2.75, 3.05) is 6.54 Å². The summed E-state index contributed by atoms with van der Waals surface area (Å²) in [7, 11) is 0. The first-order valence-corrected chi connectivity index (χ1v) is 7.27. The molecular formula is C17H16ClFN2. The average molecular weight is 303 g/mol. The van der Waals surface area contributed by atoms with Crippen LogP contribution in [0.2, 0.25) is 5.02 Å². The number of rotatable bonds is 4. The molecule has 0 fully saturated rings. The highest BCUT2D eigenvalue weighted by Gasteiger charge is 2.08. The van der Waals surface area contributed by atoms with Gasteiger partial charge in [0.1, 0.15) is 5.82 Å². The quantitative estimate of drug-likeness (QED) is 0.776. The maximum atomic E-state index is 13.6. The maximum Gasteiger partial charge on any atom is 0.142 e. The molecule has 0 saturated carbocycles. The average Bonchev–Trinajstić information content (AvgIpc) is 2.88. The van der Waals surface area contributed by atoms with Gasteiger partial charge < -0.3 is 10.3 Å². The fourth-order valence-electron chi connectivity index (χ4n) is 2.66. The van der Waals surface area contributed by atoms with E-state index in [-0.39, 0.29) is 10.8 Å². The molecule has 108 valence electrons. The van der Waals surface area contributed by atoms with Gasteiger partial charge in [0.2, 0.25) is 0 Å². The molecule has 2 N–H and O–H groups in total. The summed E-state index contributed by atoms with van der Waals surface area (Å²) in [4.78, 5) is 0. The van der Waals surface area contributed by atoms with Crippen molar-refractivity contribution in [3.05, 3.63) is 70.6 Å². The minimum absolute atomic E-state index is 0.153. The molecule has 1 aromatic heterocycles. The molecule has 2 aromatic carbocycles. The third-order valence-electron chi connectivity index (χ3n) is 3.62. The van der Waals surface area contributed by atoms with E-state index in [1.54, 1.807) is 6.07 Å². The molecule has 0 aliphatic carbocycles.